The van der Waals surface area contributed by atoms with E-state index in [0.29, 0.717) is 24.8 Å². The van der Waals surface area contributed by atoms with Gasteiger partial charge in [-0.25, -0.2) is 0 Å². The molecule has 1 N–H and O–H groups in total. The number of likely N-dealkylation sites (tertiary alicyclic amines) is 1. The Labute approximate surface area is 151 Å². The highest BCUT2D eigenvalue weighted by molar-refractivity contribution is 5.49. The number of piperidine rings is 1. The molecular weight excluding hydrogens is 312 g/mol. The highest BCUT2D eigenvalue weighted by Gasteiger charge is 2.39. The molecule has 4 nitrogen and oxygen atoms in total. The van der Waals surface area contributed by atoms with E-state index < -0.39 is 0 Å². The molecule has 0 spiro atoms. The van der Waals surface area contributed by atoms with Crippen molar-refractivity contribution in [2.75, 3.05) is 31.1 Å². The third kappa shape index (κ3) is 4.18. The lowest BCUT2D eigenvalue weighted by molar-refractivity contribution is -0.0378. The molecule has 2 heterocycles. The van der Waals surface area contributed by atoms with Crippen molar-refractivity contribution in [1.82, 2.24) is 4.90 Å². The fourth-order valence-electron chi connectivity index (χ4n) is 4.91. The average molecular weight is 344 g/mol. The molecule has 0 unspecified atom stereocenters. The molecule has 0 radical (unpaired) electrons. The van der Waals surface area contributed by atoms with Crippen molar-refractivity contribution in [3.05, 3.63) is 30.3 Å². The zero-order chi connectivity index (χ0) is 17.1. The average Bonchev–Trinajstić information content (AvgIpc) is 3.02. The standard InChI is InChI=1S/C21H32N2O2/c24-20(16-25-21-9-5-2-6-10-21)15-22-12-11-18-13-19(22)14-23(18)17-7-3-1-4-8-17/h1,3-4,7-8,18-21,24H,2,5-6,9-16H2/t18-,19+,20-/m1/s1. The molecule has 4 rings (SSSR count). The number of benzene rings is 1. The van der Waals surface area contributed by atoms with Crippen molar-refractivity contribution in [2.45, 2.75) is 69.2 Å². The molecule has 2 bridgehead atoms. The van der Waals surface area contributed by atoms with Gasteiger partial charge in [-0.05, 0) is 37.8 Å². The van der Waals surface area contributed by atoms with E-state index in [1.54, 1.807) is 0 Å². The molecule has 0 amide bonds. The minimum atomic E-state index is -0.357. The first-order chi connectivity index (χ1) is 12.3. The van der Waals surface area contributed by atoms with Crippen LogP contribution in [0.25, 0.3) is 0 Å². The Morgan fingerprint density at radius 3 is 2.64 bits per heavy atom. The Morgan fingerprint density at radius 2 is 1.84 bits per heavy atom. The van der Waals surface area contributed by atoms with Crippen LogP contribution in [-0.4, -0.2) is 60.5 Å². The van der Waals surface area contributed by atoms with Gasteiger partial charge in [0.2, 0.25) is 0 Å². The highest BCUT2D eigenvalue weighted by Crippen LogP contribution is 2.33. The number of β-amino-alcohol motifs (C(OH)–C–C–N with tert-alkyl or cyclic N) is 1. The summed E-state index contributed by atoms with van der Waals surface area (Å²) < 4.78 is 5.97. The first-order valence-electron chi connectivity index (χ1n) is 10.1. The van der Waals surface area contributed by atoms with Gasteiger partial charge in [0, 0.05) is 37.4 Å². The van der Waals surface area contributed by atoms with Crippen LogP contribution in [0.5, 0.6) is 0 Å². The molecule has 2 saturated heterocycles. The highest BCUT2D eigenvalue weighted by atomic mass is 16.5. The van der Waals surface area contributed by atoms with Gasteiger partial charge < -0.3 is 14.7 Å². The second kappa shape index (κ2) is 8.07. The first kappa shape index (κ1) is 17.3. The number of rotatable bonds is 6. The summed E-state index contributed by atoms with van der Waals surface area (Å²) in [6.07, 6.45) is 8.71. The second-order valence-electron chi connectivity index (χ2n) is 8.06. The van der Waals surface area contributed by atoms with Gasteiger partial charge in [-0.2, -0.15) is 0 Å². The number of aliphatic hydroxyl groups is 1. The summed E-state index contributed by atoms with van der Waals surface area (Å²) in [6.45, 7) is 3.44. The minimum absolute atomic E-state index is 0.357. The van der Waals surface area contributed by atoms with E-state index in [-0.39, 0.29) is 6.10 Å². The van der Waals surface area contributed by atoms with Crippen molar-refractivity contribution >= 4 is 5.69 Å². The lowest BCUT2D eigenvalue weighted by atomic mass is 9.98. The SMILES string of the molecule is O[C@@H](COC1CCCCC1)CN1CC[C@@H]2C[C@H]1CN2c1ccccc1. The van der Waals surface area contributed by atoms with E-state index in [1.165, 1.54) is 50.6 Å². The fourth-order valence-corrected chi connectivity index (χ4v) is 4.91. The molecule has 1 aromatic carbocycles. The number of ether oxygens (including phenoxy) is 1. The largest absolute Gasteiger partial charge is 0.389 e. The molecule has 138 valence electrons. The van der Waals surface area contributed by atoms with Gasteiger partial charge in [0.25, 0.3) is 0 Å². The third-order valence-electron chi connectivity index (χ3n) is 6.27. The zero-order valence-corrected chi connectivity index (χ0v) is 15.2. The topological polar surface area (TPSA) is 35.9 Å². The molecule has 0 aromatic heterocycles. The van der Waals surface area contributed by atoms with E-state index in [0.717, 1.165) is 19.6 Å². The van der Waals surface area contributed by atoms with Crippen LogP contribution in [0.1, 0.15) is 44.9 Å². The molecular formula is C21H32N2O2. The predicted octanol–water partition coefficient (Wildman–Crippen LogP) is 3.05. The maximum atomic E-state index is 10.5. The summed E-state index contributed by atoms with van der Waals surface area (Å²) in [5.41, 5.74) is 1.35. The number of para-hydroxylation sites is 1. The zero-order valence-electron chi connectivity index (χ0n) is 15.2. The van der Waals surface area contributed by atoms with E-state index in [2.05, 4.69) is 40.1 Å². The molecule has 3 aliphatic rings. The minimum Gasteiger partial charge on any atom is -0.389 e. The van der Waals surface area contributed by atoms with Crippen LogP contribution >= 0.6 is 0 Å². The molecule has 2 aliphatic heterocycles. The Balaban J connectivity index is 1.26. The molecule has 1 saturated carbocycles. The van der Waals surface area contributed by atoms with Crippen LogP contribution in [0.2, 0.25) is 0 Å². The van der Waals surface area contributed by atoms with Gasteiger partial charge in [-0.15, -0.1) is 0 Å². The first-order valence-corrected chi connectivity index (χ1v) is 10.1. The normalized spacial score (nSPS) is 29.1. The number of hydrogen-bond donors (Lipinski definition) is 1. The second-order valence-corrected chi connectivity index (χ2v) is 8.06. The van der Waals surface area contributed by atoms with Crippen molar-refractivity contribution in [1.29, 1.82) is 0 Å². The summed E-state index contributed by atoms with van der Waals surface area (Å²) in [7, 11) is 0. The smallest absolute Gasteiger partial charge is 0.0900 e. The van der Waals surface area contributed by atoms with Crippen molar-refractivity contribution in [3.63, 3.8) is 0 Å². The van der Waals surface area contributed by atoms with Crippen LogP contribution < -0.4 is 4.90 Å². The van der Waals surface area contributed by atoms with Gasteiger partial charge >= 0.3 is 0 Å². The molecule has 4 heteroatoms. The molecule has 1 aromatic rings. The lowest BCUT2D eigenvalue weighted by Crippen LogP contribution is -2.45. The van der Waals surface area contributed by atoms with E-state index in [9.17, 15) is 5.11 Å². The van der Waals surface area contributed by atoms with Gasteiger partial charge in [-0.1, -0.05) is 37.5 Å². The summed E-state index contributed by atoms with van der Waals surface area (Å²) in [6, 6.07) is 12.0. The number of hydrogen-bond acceptors (Lipinski definition) is 4. The van der Waals surface area contributed by atoms with E-state index >= 15 is 0 Å². The summed E-state index contributed by atoms with van der Waals surface area (Å²) in [5.74, 6) is 0. The quantitative estimate of drug-likeness (QED) is 0.860. The van der Waals surface area contributed by atoms with Crippen molar-refractivity contribution in [2.24, 2.45) is 0 Å². The summed E-state index contributed by atoms with van der Waals surface area (Å²) in [4.78, 5) is 5.06. The number of fused-ring (bicyclic) bond motifs is 2. The molecule has 1 aliphatic carbocycles. The van der Waals surface area contributed by atoms with Crippen molar-refractivity contribution in [3.8, 4) is 0 Å². The number of nitrogens with zero attached hydrogens (tertiary/aromatic N) is 2. The Hall–Kier alpha value is -1.10. The lowest BCUT2D eigenvalue weighted by Gasteiger charge is -2.34. The van der Waals surface area contributed by atoms with Crippen LogP contribution in [0, 0.1) is 0 Å². The van der Waals surface area contributed by atoms with E-state index in [1.807, 2.05) is 0 Å². The Bertz CT molecular complexity index is 532. The maximum Gasteiger partial charge on any atom is 0.0900 e. The monoisotopic (exact) mass is 344 g/mol. The summed E-state index contributed by atoms with van der Waals surface area (Å²) in [5, 5.41) is 10.5. The fraction of sp³-hybridized carbons (Fsp3) is 0.714. The van der Waals surface area contributed by atoms with Crippen LogP contribution in [0.4, 0.5) is 5.69 Å². The Kier molecular flexibility index (Phi) is 5.59. The molecule has 3 fully saturated rings. The van der Waals surface area contributed by atoms with Gasteiger partial charge in [0.05, 0.1) is 18.8 Å². The predicted molar refractivity (Wildman–Crippen MR) is 101 cm³/mol. The van der Waals surface area contributed by atoms with Crippen LogP contribution in [0.3, 0.4) is 0 Å². The van der Waals surface area contributed by atoms with Crippen LogP contribution in [-0.2, 0) is 4.74 Å². The number of anilines is 1. The van der Waals surface area contributed by atoms with Gasteiger partial charge in [-0.3, -0.25) is 4.90 Å². The van der Waals surface area contributed by atoms with Gasteiger partial charge in [0.15, 0.2) is 0 Å². The van der Waals surface area contributed by atoms with Crippen LogP contribution in [0.15, 0.2) is 30.3 Å². The molecule has 3 atom stereocenters. The van der Waals surface area contributed by atoms with E-state index in [4.69, 9.17) is 4.74 Å². The number of aliphatic hydroxyl groups excluding tert-OH is 1. The van der Waals surface area contributed by atoms with Crippen molar-refractivity contribution < 1.29 is 9.84 Å². The van der Waals surface area contributed by atoms with Gasteiger partial charge in [0.1, 0.15) is 0 Å². The molecule has 25 heavy (non-hydrogen) atoms. The third-order valence-corrected chi connectivity index (χ3v) is 6.27. The Morgan fingerprint density at radius 1 is 1.04 bits per heavy atom. The maximum absolute atomic E-state index is 10.5. The summed E-state index contributed by atoms with van der Waals surface area (Å²) >= 11 is 0.